The van der Waals surface area contributed by atoms with Crippen LogP contribution in [-0.2, 0) is 42.0 Å². The lowest BCUT2D eigenvalue weighted by molar-refractivity contribution is -0.142. The van der Waals surface area contributed by atoms with Gasteiger partial charge >= 0.3 is 0 Å². The predicted octanol–water partition coefficient (Wildman–Crippen LogP) is 4.45. The predicted molar refractivity (Wildman–Crippen MR) is 286 cm³/mol. The zero-order chi connectivity index (χ0) is 51.0. The molecule has 4 amide bonds. The molecule has 2 aromatic carbocycles. The summed E-state index contributed by atoms with van der Waals surface area (Å²) in [6, 6.07) is 15.6. The van der Waals surface area contributed by atoms with Crippen molar-refractivity contribution in [3.05, 3.63) is 83.7 Å². The van der Waals surface area contributed by atoms with Crippen molar-refractivity contribution in [3.63, 3.8) is 0 Å². The summed E-state index contributed by atoms with van der Waals surface area (Å²) in [4.78, 5) is 62.3. The molecule has 5 heterocycles. The highest BCUT2D eigenvalue weighted by Crippen LogP contribution is 2.48. The van der Waals surface area contributed by atoms with Crippen LogP contribution >= 0.6 is 48.0 Å². The quantitative estimate of drug-likeness (QED) is 0.0869. The van der Waals surface area contributed by atoms with Gasteiger partial charge in [-0.1, -0.05) is 118 Å². The molecule has 4 aliphatic heterocycles. The van der Waals surface area contributed by atoms with E-state index in [1.54, 1.807) is 44.2 Å². The molecule has 0 bridgehead atoms. The minimum atomic E-state index is -0.707. The van der Waals surface area contributed by atoms with E-state index in [0.717, 1.165) is 22.6 Å². The highest BCUT2D eigenvalue weighted by atomic mass is 32.2. The molecule has 0 radical (unpaired) electrons. The number of amides is 4. The normalized spacial score (nSPS) is 25.4. The number of hydrogen-bond acceptors (Lipinski definition) is 14. The van der Waals surface area contributed by atoms with Gasteiger partial charge in [0.15, 0.2) is 0 Å². The van der Waals surface area contributed by atoms with Crippen molar-refractivity contribution in [2.45, 2.75) is 140 Å². The zero-order valence-corrected chi connectivity index (χ0v) is 45.3. The first-order valence-corrected chi connectivity index (χ1v) is 27.4. The topological polar surface area (TPSA) is 196 Å². The molecule has 10 atom stereocenters. The van der Waals surface area contributed by atoms with Gasteiger partial charge in [-0.2, -0.15) is 0 Å². The van der Waals surface area contributed by atoms with Crippen molar-refractivity contribution in [1.29, 1.82) is 0 Å². The number of hydrogen-bond donors (Lipinski definition) is 6. The summed E-state index contributed by atoms with van der Waals surface area (Å²) in [5.41, 5.74) is 1.30. The molecule has 0 spiro atoms. The maximum absolute atomic E-state index is 14.5. The highest BCUT2D eigenvalue weighted by Gasteiger charge is 2.56. The summed E-state index contributed by atoms with van der Waals surface area (Å²) >= 11 is 14.7. The summed E-state index contributed by atoms with van der Waals surface area (Å²) in [6.45, 7) is 12.5. The lowest BCUT2D eigenvalue weighted by Crippen LogP contribution is -2.58. The fourth-order valence-corrected chi connectivity index (χ4v) is 13.6. The molecular formula is C50H71N11O6S4. The summed E-state index contributed by atoms with van der Waals surface area (Å²) in [5, 5.41) is 27.7. The second kappa shape index (κ2) is 24.2. The summed E-state index contributed by atoms with van der Waals surface area (Å²) in [7, 11) is 3.65. The molecule has 1 aromatic heterocycles. The monoisotopic (exact) mass is 1050 g/mol. The molecule has 4 fully saturated rings. The Labute approximate surface area is 437 Å². The van der Waals surface area contributed by atoms with Crippen LogP contribution < -0.4 is 31.9 Å². The van der Waals surface area contributed by atoms with Crippen LogP contribution in [0.2, 0.25) is 0 Å². The van der Waals surface area contributed by atoms with Gasteiger partial charge in [-0.15, -0.1) is 28.6 Å². The van der Waals surface area contributed by atoms with Gasteiger partial charge in [-0.25, -0.2) is 4.68 Å². The number of nitrogens with one attached hydrogen (secondary N) is 6. The first kappa shape index (κ1) is 54.6. The number of benzene rings is 2. The number of nitrogens with zero attached hydrogens (tertiary/aromatic N) is 5. The number of likely N-dealkylation sites (N-methyl/N-ethyl adjacent to an activating group) is 2. The van der Waals surface area contributed by atoms with Crippen molar-refractivity contribution in [1.82, 2.24) is 56.7 Å². The van der Waals surface area contributed by atoms with Crippen molar-refractivity contribution in [2.24, 2.45) is 10.8 Å². The number of aromatic nitrogens is 3. The second-order valence-corrected chi connectivity index (χ2v) is 23.7. The summed E-state index contributed by atoms with van der Waals surface area (Å²) in [6.07, 6.45) is 4.33. The van der Waals surface area contributed by atoms with Crippen molar-refractivity contribution in [2.75, 3.05) is 38.8 Å². The average Bonchev–Trinajstić information content (AvgIpc) is 3.94. The minimum absolute atomic E-state index is 0.0494. The lowest BCUT2D eigenvalue weighted by atomic mass is 9.83. The molecule has 71 heavy (non-hydrogen) atoms. The van der Waals surface area contributed by atoms with Gasteiger partial charge in [-0.05, 0) is 87.1 Å². The SMILES string of the molecule is CN[C@H](C)C(=S)N[C@H]1CCSC2CC(C)(C)[C@@H](C(=O)N[C@@H](COCc3cn(COC[C@@H](NC(=O)[C@H]4N5C(=O)[C@@H](NC(=S)[C@@H](C)NC)CCSC5CC4(C)C)c4ccccc4)nn3)c3ccccc3)N2C1=O. The Morgan fingerprint density at radius 3 is 1.59 bits per heavy atom. The second-order valence-electron chi connectivity index (χ2n) is 20.3. The van der Waals surface area contributed by atoms with E-state index in [-0.39, 0.29) is 73.0 Å². The maximum Gasteiger partial charge on any atom is 0.246 e. The molecule has 4 saturated heterocycles. The van der Waals surface area contributed by atoms with E-state index in [9.17, 15) is 19.2 Å². The third-order valence-corrected chi connectivity index (χ3v) is 17.5. The number of ether oxygens (including phenoxy) is 2. The van der Waals surface area contributed by atoms with Gasteiger partial charge < -0.3 is 51.2 Å². The standard InChI is InChI=1S/C50H71N11O6S4/c1-30(51-7)45(68)55-35-19-21-70-39-23-49(3,4)41(60(39)47(35)64)43(62)53-37(32-15-11-9-12-16-32)27-66-26-34-25-59(58-57-34)29-67-28-38(33-17-13-10-14-18-33)54-44(63)42-50(5,6)24-40-61(42)48(65)36(20-22-71-40)56-46(69)31(2)52-8/h9-18,25,30-31,35-42,51-52H,19-24,26-29H2,1-8H3,(H,53,62)(H,54,63)(H,55,68)(H,56,69)/t30-,31-,35+,36+,37+,38-,39?,40?,41-,42-/m1/s1. The van der Waals surface area contributed by atoms with Gasteiger partial charge in [0.25, 0.3) is 0 Å². The molecule has 17 nitrogen and oxygen atoms in total. The first-order valence-electron chi connectivity index (χ1n) is 24.5. The number of carbonyl (C=O) groups is 4. The number of carbonyl (C=O) groups excluding carboxylic acids is 4. The largest absolute Gasteiger partial charge is 0.373 e. The van der Waals surface area contributed by atoms with Crippen LogP contribution in [0, 0.1) is 10.8 Å². The first-order chi connectivity index (χ1) is 33.9. The fraction of sp³-hybridized carbons (Fsp3) is 0.600. The molecule has 6 N–H and O–H groups in total. The van der Waals surface area contributed by atoms with Crippen LogP contribution in [0.5, 0.6) is 0 Å². The smallest absolute Gasteiger partial charge is 0.246 e. The van der Waals surface area contributed by atoms with Crippen LogP contribution in [0.15, 0.2) is 66.9 Å². The molecule has 0 aliphatic carbocycles. The van der Waals surface area contributed by atoms with Gasteiger partial charge in [0, 0.05) is 0 Å². The molecule has 3 aromatic rings. The number of fused-ring (bicyclic) bond motifs is 2. The molecule has 4 aliphatic rings. The van der Waals surface area contributed by atoms with Gasteiger partial charge in [0.05, 0.1) is 70.9 Å². The van der Waals surface area contributed by atoms with E-state index >= 15 is 0 Å². The molecule has 0 saturated carbocycles. The average molecular weight is 1050 g/mol. The Balaban J connectivity index is 0.969. The van der Waals surface area contributed by atoms with Crippen LogP contribution in [0.1, 0.15) is 96.1 Å². The number of rotatable bonds is 20. The molecule has 7 rings (SSSR count). The van der Waals surface area contributed by atoms with E-state index in [4.69, 9.17) is 33.9 Å². The Hall–Kier alpha value is -4.22. The van der Waals surface area contributed by atoms with Crippen molar-refractivity contribution in [3.8, 4) is 0 Å². The molecular weight excluding hydrogens is 979 g/mol. The van der Waals surface area contributed by atoms with Gasteiger partial charge in [-0.3, -0.25) is 19.2 Å². The molecule has 2 unspecified atom stereocenters. The number of thiocarbonyl (C=S) groups is 2. The lowest BCUT2D eigenvalue weighted by Gasteiger charge is -2.35. The van der Waals surface area contributed by atoms with Crippen LogP contribution in [0.3, 0.4) is 0 Å². The Kier molecular flexibility index (Phi) is 18.6. The van der Waals surface area contributed by atoms with Crippen LogP contribution in [0.25, 0.3) is 0 Å². The molecule has 386 valence electrons. The highest BCUT2D eigenvalue weighted by molar-refractivity contribution is 8.00. The minimum Gasteiger partial charge on any atom is -0.373 e. The number of thioether (sulfide) groups is 2. The van der Waals surface area contributed by atoms with Gasteiger partial charge in [0.2, 0.25) is 23.6 Å². The van der Waals surface area contributed by atoms with Crippen LogP contribution in [-0.4, -0.2) is 144 Å². The fourth-order valence-electron chi connectivity index (χ4n) is 9.89. The van der Waals surface area contributed by atoms with Crippen LogP contribution in [0.4, 0.5) is 0 Å². The summed E-state index contributed by atoms with van der Waals surface area (Å²) < 4.78 is 14.0. The Morgan fingerprint density at radius 2 is 1.15 bits per heavy atom. The third kappa shape index (κ3) is 13.1. The Bertz CT molecular complexity index is 2190. The van der Waals surface area contributed by atoms with E-state index in [2.05, 4.69) is 69.9 Å². The summed E-state index contributed by atoms with van der Waals surface area (Å²) in [5.74, 6) is 0.822. The third-order valence-electron chi connectivity index (χ3n) is 14.0. The van der Waals surface area contributed by atoms with Crippen molar-refractivity contribution < 1.29 is 28.7 Å². The van der Waals surface area contributed by atoms with Crippen molar-refractivity contribution >= 4 is 81.6 Å². The maximum atomic E-state index is 14.5. The van der Waals surface area contributed by atoms with E-state index < -0.39 is 47.1 Å². The van der Waals surface area contributed by atoms with E-state index in [1.807, 2.05) is 88.6 Å². The van der Waals surface area contributed by atoms with E-state index in [0.29, 0.717) is 41.4 Å². The Morgan fingerprint density at radius 1 is 0.718 bits per heavy atom. The zero-order valence-electron chi connectivity index (χ0n) is 42.0. The van der Waals surface area contributed by atoms with E-state index in [1.165, 1.54) is 0 Å². The molecule has 21 heteroatoms. The van der Waals surface area contributed by atoms with Gasteiger partial charge in [0.1, 0.15) is 36.6 Å².